The molecular formula is C17H16ClF2N3O4. The highest BCUT2D eigenvalue weighted by Gasteiger charge is 2.15. The van der Waals surface area contributed by atoms with Crippen molar-refractivity contribution in [3.8, 4) is 5.75 Å². The lowest BCUT2D eigenvalue weighted by Crippen LogP contribution is -2.29. The lowest BCUT2D eigenvalue weighted by atomic mass is 10.2. The number of ether oxygens (including phenoxy) is 1. The van der Waals surface area contributed by atoms with Gasteiger partial charge in [0.2, 0.25) is 5.91 Å². The normalized spacial score (nSPS) is 10.9. The zero-order valence-electron chi connectivity index (χ0n) is 14.2. The van der Waals surface area contributed by atoms with Gasteiger partial charge in [-0.25, -0.2) is 0 Å². The number of alkyl halides is 2. The minimum Gasteiger partial charge on any atom is -0.435 e. The Morgan fingerprint density at radius 2 is 2.07 bits per heavy atom. The fourth-order valence-electron chi connectivity index (χ4n) is 2.36. The summed E-state index contributed by atoms with van der Waals surface area (Å²) in [5.74, 6) is -0.358. The van der Waals surface area contributed by atoms with Gasteiger partial charge in [-0.05, 0) is 36.9 Å². The fraction of sp³-hybridized carbons (Fsp3) is 0.235. The molecule has 10 heteroatoms. The molecule has 0 heterocycles. The number of anilines is 1. The zero-order chi connectivity index (χ0) is 20.0. The molecule has 0 fully saturated rings. The SMILES string of the molecule is CN(CC(=O)Nc1ccc(Cl)c([N+](=O)[O-])c1)Cc1cccc(OC(F)F)c1. The smallest absolute Gasteiger partial charge is 0.387 e. The van der Waals surface area contributed by atoms with Crippen LogP contribution in [0.15, 0.2) is 42.5 Å². The first-order chi connectivity index (χ1) is 12.7. The summed E-state index contributed by atoms with van der Waals surface area (Å²) in [4.78, 5) is 24.0. The van der Waals surface area contributed by atoms with E-state index in [0.29, 0.717) is 12.1 Å². The summed E-state index contributed by atoms with van der Waals surface area (Å²) in [5.41, 5.74) is 0.626. The predicted octanol–water partition coefficient (Wildman–Crippen LogP) is 3.92. The number of nitro benzene ring substituents is 1. The molecule has 0 unspecified atom stereocenters. The maximum Gasteiger partial charge on any atom is 0.387 e. The average Bonchev–Trinajstić information content (AvgIpc) is 2.55. The summed E-state index contributed by atoms with van der Waals surface area (Å²) >= 11 is 5.73. The van der Waals surface area contributed by atoms with E-state index >= 15 is 0 Å². The van der Waals surface area contributed by atoms with Crippen LogP contribution in [0.2, 0.25) is 5.02 Å². The van der Waals surface area contributed by atoms with Crippen molar-refractivity contribution in [3.05, 3.63) is 63.2 Å². The van der Waals surface area contributed by atoms with Gasteiger partial charge in [0.25, 0.3) is 5.69 Å². The van der Waals surface area contributed by atoms with Crippen molar-refractivity contribution >= 4 is 28.9 Å². The van der Waals surface area contributed by atoms with Gasteiger partial charge >= 0.3 is 6.61 Å². The van der Waals surface area contributed by atoms with Gasteiger partial charge in [-0.2, -0.15) is 8.78 Å². The standard InChI is InChI=1S/C17H16ClF2N3O4/c1-22(9-11-3-2-4-13(7-11)27-17(19)20)10-16(24)21-12-5-6-14(18)15(8-12)23(25)26/h2-8,17H,9-10H2,1H3,(H,21,24). The number of halogens is 3. The van der Waals surface area contributed by atoms with Crippen LogP contribution in [-0.4, -0.2) is 35.9 Å². The van der Waals surface area contributed by atoms with Gasteiger partial charge in [-0.1, -0.05) is 23.7 Å². The maximum atomic E-state index is 12.3. The monoisotopic (exact) mass is 399 g/mol. The molecule has 0 aliphatic rings. The van der Waals surface area contributed by atoms with Crippen molar-refractivity contribution in [2.24, 2.45) is 0 Å². The van der Waals surface area contributed by atoms with Crippen molar-refractivity contribution in [1.29, 1.82) is 0 Å². The van der Waals surface area contributed by atoms with Crippen molar-refractivity contribution in [1.82, 2.24) is 4.90 Å². The molecular weight excluding hydrogens is 384 g/mol. The number of likely N-dealkylation sites (N-methyl/N-ethyl adjacent to an activating group) is 1. The van der Waals surface area contributed by atoms with Crippen LogP contribution in [-0.2, 0) is 11.3 Å². The highest BCUT2D eigenvalue weighted by Crippen LogP contribution is 2.27. The minimum absolute atomic E-state index is 0.0175. The van der Waals surface area contributed by atoms with E-state index in [1.807, 2.05) is 0 Å². The number of nitrogens with one attached hydrogen (secondary N) is 1. The van der Waals surface area contributed by atoms with Gasteiger partial charge in [-0.15, -0.1) is 0 Å². The third-order valence-corrected chi connectivity index (χ3v) is 3.74. The number of nitrogens with zero attached hydrogens (tertiary/aromatic N) is 2. The van der Waals surface area contributed by atoms with Gasteiger partial charge in [0, 0.05) is 18.3 Å². The van der Waals surface area contributed by atoms with E-state index in [9.17, 15) is 23.7 Å². The molecule has 1 N–H and O–H groups in total. The molecule has 0 aliphatic heterocycles. The second-order valence-corrected chi connectivity index (χ2v) is 6.08. The largest absolute Gasteiger partial charge is 0.435 e. The first kappa shape index (κ1) is 20.5. The van der Waals surface area contributed by atoms with Crippen molar-refractivity contribution in [3.63, 3.8) is 0 Å². The molecule has 0 aromatic heterocycles. The Hall–Kier alpha value is -2.78. The zero-order valence-corrected chi connectivity index (χ0v) is 15.0. The average molecular weight is 400 g/mol. The number of nitro groups is 1. The van der Waals surface area contributed by atoms with E-state index < -0.39 is 17.4 Å². The highest BCUT2D eigenvalue weighted by atomic mass is 35.5. The van der Waals surface area contributed by atoms with Gasteiger partial charge < -0.3 is 10.1 Å². The number of hydrogen-bond donors (Lipinski definition) is 1. The van der Waals surface area contributed by atoms with E-state index in [1.54, 1.807) is 24.1 Å². The van der Waals surface area contributed by atoms with Crippen LogP contribution in [0.1, 0.15) is 5.56 Å². The lowest BCUT2D eigenvalue weighted by molar-refractivity contribution is -0.384. The topological polar surface area (TPSA) is 84.7 Å². The Balaban J connectivity index is 1.94. The number of benzene rings is 2. The van der Waals surface area contributed by atoms with Gasteiger partial charge in [0.1, 0.15) is 10.8 Å². The van der Waals surface area contributed by atoms with Crippen LogP contribution in [0.4, 0.5) is 20.2 Å². The van der Waals surface area contributed by atoms with Crippen LogP contribution in [0, 0.1) is 10.1 Å². The molecule has 0 aliphatic carbocycles. The molecule has 0 atom stereocenters. The summed E-state index contributed by atoms with van der Waals surface area (Å²) in [7, 11) is 1.67. The Morgan fingerprint density at radius 3 is 2.74 bits per heavy atom. The molecule has 144 valence electrons. The first-order valence-electron chi connectivity index (χ1n) is 7.70. The minimum atomic E-state index is -2.91. The summed E-state index contributed by atoms with van der Waals surface area (Å²) < 4.78 is 28.9. The van der Waals surface area contributed by atoms with Crippen molar-refractivity contribution in [2.75, 3.05) is 18.9 Å². The summed E-state index contributed by atoms with van der Waals surface area (Å²) in [5, 5.41) is 13.4. The summed E-state index contributed by atoms with van der Waals surface area (Å²) in [6.07, 6.45) is 0. The number of rotatable bonds is 8. The molecule has 27 heavy (non-hydrogen) atoms. The Kier molecular flexibility index (Phi) is 7.03. The van der Waals surface area contributed by atoms with Crippen LogP contribution >= 0.6 is 11.6 Å². The van der Waals surface area contributed by atoms with Crippen molar-refractivity contribution < 1.29 is 23.2 Å². The molecule has 1 amide bonds. The van der Waals surface area contributed by atoms with Crippen LogP contribution in [0.25, 0.3) is 0 Å². The number of carbonyl (C=O) groups is 1. The Morgan fingerprint density at radius 1 is 1.33 bits per heavy atom. The molecule has 2 aromatic rings. The lowest BCUT2D eigenvalue weighted by Gasteiger charge is -2.17. The second-order valence-electron chi connectivity index (χ2n) is 5.67. The third kappa shape index (κ3) is 6.46. The number of hydrogen-bond acceptors (Lipinski definition) is 5. The quantitative estimate of drug-likeness (QED) is 0.537. The first-order valence-corrected chi connectivity index (χ1v) is 8.08. The van der Waals surface area contributed by atoms with Crippen LogP contribution in [0.5, 0.6) is 5.75 Å². The molecule has 7 nitrogen and oxygen atoms in total. The van der Waals surface area contributed by atoms with E-state index in [-0.39, 0.29) is 28.7 Å². The predicted molar refractivity (Wildman–Crippen MR) is 96.1 cm³/mol. The summed E-state index contributed by atoms with van der Waals surface area (Å²) in [6, 6.07) is 10.1. The maximum absolute atomic E-state index is 12.3. The molecule has 0 bridgehead atoms. The van der Waals surface area contributed by atoms with E-state index in [2.05, 4.69) is 10.1 Å². The Bertz CT molecular complexity index is 836. The third-order valence-electron chi connectivity index (χ3n) is 3.42. The number of carbonyl (C=O) groups excluding carboxylic acids is 1. The molecule has 0 saturated carbocycles. The van der Waals surface area contributed by atoms with E-state index in [0.717, 1.165) is 0 Å². The van der Waals surface area contributed by atoms with Gasteiger partial charge in [0.15, 0.2) is 0 Å². The van der Waals surface area contributed by atoms with E-state index in [4.69, 9.17) is 11.6 Å². The van der Waals surface area contributed by atoms with Crippen LogP contribution in [0.3, 0.4) is 0 Å². The van der Waals surface area contributed by atoms with Gasteiger partial charge in [0.05, 0.1) is 11.5 Å². The molecule has 0 saturated heterocycles. The molecule has 0 radical (unpaired) electrons. The Labute approximate surface area is 158 Å². The number of amides is 1. The summed E-state index contributed by atoms with van der Waals surface area (Å²) in [6.45, 7) is -2.61. The van der Waals surface area contributed by atoms with Crippen LogP contribution < -0.4 is 10.1 Å². The second kappa shape index (κ2) is 9.24. The molecule has 2 rings (SSSR count). The highest BCUT2D eigenvalue weighted by molar-refractivity contribution is 6.32. The molecule has 2 aromatic carbocycles. The van der Waals surface area contributed by atoms with Gasteiger partial charge in [-0.3, -0.25) is 19.8 Å². The molecule has 0 spiro atoms. The van der Waals surface area contributed by atoms with E-state index in [1.165, 1.54) is 30.3 Å². The van der Waals surface area contributed by atoms with Crippen molar-refractivity contribution in [2.45, 2.75) is 13.2 Å². The fourth-order valence-corrected chi connectivity index (χ4v) is 2.55.